The van der Waals surface area contributed by atoms with Crippen LogP contribution in [0.4, 0.5) is 10.7 Å². The smallest absolute Gasteiger partial charge is 0.341 e. The molecule has 174 valence electrons. The van der Waals surface area contributed by atoms with Gasteiger partial charge in [-0.1, -0.05) is 18.5 Å². The maximum Gasteiger partial charge on any atom is 0.341 e. The number of anilines is 2. The van der Waals surface area contributed by atoms with E-state index in [4.69, 9.17) is 16.3 Å². The predicted octanol–water partition coefficient (Wildman–Crippen LogP) is 4.64. The molecule has 10 heteroatoms. The van der Waals surface area contributed by atoms with Crippen molar-refractivity contribution in [3.8, 4) is 0 Å². The summed E-state index contributed by atoms with van der Waals surface area (Å²) in [6.07, 6.45) is 4.90. The van der Waals surface area contributed by atoms with Gasteiger partial charge >= 0.3 is 5.97 Å². The van der Waals surface area contributed by atoms with Gasteiger partial charge in [0.2, 0.25) is 15.9 Å². The number of sulfonamides is 1. The molecule has 1 amide bonds. The number of halogens is 1. The van der Waals surface area contributed by atoms with E-state index in [0.717, 1.165) is 46.7 Å². The van der Waals surface area contributed by atoms with Crippen LogP contribution in [0.1, 0.15) is 53.9 Å². The molecule has 1 aromatic heterocycles. The van der Waals surface area contributed by atoms with Crippen molar-refractivity contribution in [2.24, 2.45) is 0 Å². The Kier molecular flexibility index (Phi) is 7.84. The fraction of sp³-hybridized carbons (Fsp3) is 0.455. The van der Waals surface area contributed by atoms with Gasteiger partial charge in [-0.2, -0.15) is 0 Å². The molecule has 7 nitrogen and oxygen atoms in total. The van der Waals surface area contributed by atoms with Crippen LogP contribution in [0.2, 0.25) is 5.02 Å². The number of amides is 1. The lowest BCUT2D eigenvalue weighted by Crippen LogP contribution is -2.47. The molecule has 0 unspecified atom stereocenters. The summed E-state index contributed by atoms with van der Waals surface area (Å²) in [6.45, 7) is 3.70. The molecule has 2 aromatic rings. The number of hydrogen-bond acceptors (Lipinski definition) is 6. The first-order chi connectivity index (χ1) is 15.2. The third kappa shape index (κ3) is 5.27. The first-order valence-electron chi connectivity index (χ1n) is 10.5. The number of aryl methyl sites for hydroxylation is 1. The van der Waals surface area contributed by atoms with E-state index in [2.05, 4.69) is 5.32 Å². The largest absolute Gasteiger partial charge is 0.462 e. The molecule has 1 N–H and O–H groups in total. The number of carbonyl (C=O) groups is 2. The van der Waals surface area contributed by atoms with Crippen molar-refractivity contribution < 1.29 is 22.7 Å². The Morgan fingerprint density at radius 2 is 1.84 bits per heavy atom. The Balaban J connectivity index is 1.97. The minimum atomic E-state index is -3.78. The molecule has 32 heavy (non-hydrogen) atoms. The van der Waals surface area contributed by atoms with Gasteiger partial charge in [0.15, 0.2) is 0 Å². The second-order valence-electron chi connectivity index (χ2n) is 7.58. The van der Waals surface area contributed by atoms with Gasteiger partial charge in [0.25, 0.3) is 0 Å². The fourth-order valence-corrected chi connectivity index (χ4v) is 6.53. The van der Waals surface area contributed by atoms with Crippen molar-refractivity contribution in [1.82, 2.24) is 0 Å². The lowest BCUT2D eigenvalue weighted by atomic mass is 9.95. The third-order valence-electron chi connectivity index (χ3n) is 5.30. The Morgan fingerprint density at radius 1 is 1.19 bits per heavy atom. The van der Waals surface area contributed by atoms with E-state index >= 15 is 0 Å². The predicted molar refractivity (Wildman–Crippen MR) is 128 cm³/mol. The molecule has 0 fully saturated rings. The topological polar surface area (TPSA) is 92.8 Å². The number of nitrogens with one attached hydrogen (secondary N) is 1. The number of esters is 1. The molecule has 0 saturated heterocycles. The number of nitrogens with zero attached hydrogens (tertiary/aromatic N) is 1. The van der Waals surface area contributed by atoms with E-state index in [1.165, 1.54) is 11.3 Å². The molecule has 1 aliphatic rings. The number of ether oxygens (including phenoxy) is 1. The Labute approximate surface area is 197 Å². The molecule has 1 atom stereocenters. The van der Waals surface area contributed by atoms with Crippen LogP contribution in [-0.2, 0) is 32.4 Å². The van der Waals surface area contributed by atoms with Crippen LogP contribution < -0.4 is 9.62 Å². The van der Waals surface area contributed by atoms with E-state index in [1.54, 1.807) is 38.1 Å². The average molecular weight is 499 g/mol. The summed E-state index contributed by atoms with van der Waals surface area (Å²) in [4.78, 5) is 27.1. The zero-order valence-corrected chi connectivity index (χ0v) is 20.7. The number of rotatable bonds is 8. The third-order valence-corrected chi connectivity index (χ3v) is 7.94. The van der Waals surface area contributed by atoms with Crippen molar-refractivity contribution >= 4 is 55.5 Å². The number of hydrogen-bond donors (Lipinski definition) is 1. The van der Waals surface area contributed by atoms with Crippen LogP contribution in [0.25, 0.3) is 0 Å². The molecule has 0 radical (unpaired) electrons. The molecule has 1 heterocycles. The lowest BCUT2D eigenvalue weighted by molar-refractivity contribution is -0.117. The SMILES string of the molecule is CCOC(=O)c1c(NC(=O)[C@H](CC)N(c2ccc(Cl)cc2)S(C)(=O)=O)sc2c1CCCC2. The molecule has 1 aliphatic carbocycles. The summed E-state index contributed by atoms with van der Waals surface area (Å²) in [5, 5.41) is 3.72. The zero-order valence-electron chi connectivity index (χ0n) is 18.3. The zero-order chi connectivity index (χ0) is 23.5. The maximum absolute atomic E-state index is 13.3. The van der Waals surface area contributed by atoms with Gasteiger partial charge in [-0.05, 0) is 68.9 Å². The van der Waals surface area contributed by atoms with Crippen LogP contribution >= 0.6 is 22.9 Å². The Hall–Kier alpha value is -2.10. The van der Waals surface area contributed by atoms with Crippen molar-refractivity contribution in [2.75, 3.05) is 22.5 Å². The second-order valence-corrected chi connectivity index (χ2v) is 11.0. The highest BCUT2D eigenvalue weighted by atomic mass is 35.5. The van der Waals surface area contributed by atoms with Gasteiger partial charge < -0.3 is 10.1 Å². The fourth-order valence-electron chi connectivity index (χ4n) is 3.92. The highest BCUT2D eigenvalue weighted by Gasteiger charge is 2.34. The molecule has 1 aromatic carbocycles. The van der Waals surface area contributed by atoms with Gasteiger partial charge in [0, 0.05) is 9.90 Å². The number of benzene rings is 1. The van der Waals surface area contributed by atoms with E-state index in [-0.39, 0.29) is 13.0 Å². The van der Waals surface area contributed by atoms with Crippen molar-refractivity contribution in [2.45, 2.75) is 52.0 Å². The van der Waals surface area contributed by atoms with Gasteiger partial charge in [-0.15, -0.1) is 11.3 Å². The molecule has 0 bridgehead atoms. The van der Waals surface area contributed by atoms with Crippen LogP contribution in [0.15, 0.2) is 24.3 Å². The summed E-state index contributed by atoms with van der Waals surface area (Å²) in [5.41, 5.74) is 1.67. The molecule has 0 spiro atoms. The summed E-state index contributed by atoms with van der Waals surface area (Å²) >= 11 is 7.32. The molecular formula is C22H27ClN2O5S2. The molecular weight excluding hydrogens is 472 g/mol. The Bertz CT molecular complexity index is 1100. The molecule has 0 saturated carbocycles. The minimum absolute atomic E-state index is 0.229. The maximum atomic E-state index is 13.3. The number of carbonyl (C=O) groups excluding carboxylic acids is 2. The Morgan fingerprint density at radius 3 is 2.44 bits per heavy atom. The summed E-state index contributed by atoms with van der Waals surface area (Å²) in [7, 11) is -3.78. The van der Waals surface area contributed by atoms with Crippen LogP contribution in [0, 0.1) is 0 Å². The summed E-state index contributed by atoms with van der Waals surface area (Å²) in [6, 6.07) is 5.28. The first-order valence-corrected chi connectivity index (χ1v) is 13.6. The average Bonchev–Trinajstić information content (AvgIpc) is 3.09. The lowest BCUT2D eigenvalue weighted by Gasteiger charge is -2.30. The number of thiophene rings is 1. The van der Waals surface area contributed by atoms with Crippen LogP contribution in [0.5, 0.6) is 0 Å². The quantitative estimate of drug-likeness (QED) is 0.535. The van der Waals surface area contributed by atoms with Gasteiger partial charge in [0.05, 0.1) is 24.1 Å². The van der Waals surface area contributed by atoms with Crippen LogP contribution in [0.3, 0.4) is 0 Å². The minimum Gasteiger partial charge on any atom is -0.462 e. The number of fused-ring (bicyclic) bond motifs is 1. The molecule has 0 aliphatic heterocycles. The van der Waals surface area contributed by atoms with Gasteiger partial charge in [-0.25, -0.2) is 13.2 Å². The van der Waals surface area contributed by atoms with Gasteiger partial charge in [0.1, 0.15) is 11.0 Å². The second kappa shape index (κ2) is 10.2. The highest BCUT2D eigenvalue weighted by molar-refractivity contribution is 7.92. The monoisotopic (exact) mass is 498 g/mol. The van der Waals surface area contributed by atoms with Crippen molar-refractivity contribution in [1.29, 1.82) is 0 Å². The molecule has 3 rings (SSSR count). The van der Waals surface area contributed by atoms with E-state index in [9.17, 15) is 18.0 Å². The standard InChI is InChI=1S/C22H27ClN2O5S2/c1-4-17(25(32(3,28)29)15-12-10-14(23)11-13-15)20(26)24-21-19(22(27)30-5-2)16-8-6-7-9-18(16)31-21/h10-13,17H,4-9H2,1-3H3,(H,24,26)/t17-/m0/s1. The van der Waals surface area contributed by atoms with Crippen molar-refractivity contribution in [3.63, 3.8) is 0 Å². The van der Waals surface area contributed by atoms with Crippen LogP contribution in [-0.4, -0.2) is 39.2 Å². The van der Waals surface area contributed by atoms with E-state index < -0.39 is 27.9 Å². The van der Waals surface area contributed by atoms with E-state index in [0.29, 0.717) is 21.3 Å². The van der Waals surface area contributed by atoms with Gasteiger partial charge in [-0.3, -0.25) is 9.10 Å². The first kappa shape index (κ1) is 24.5. The highest BCUT2D eigenvalue weighted by Crippen LogP contribution is 2.39. The summed E-state index contributed by atoms with van der Waals surface area (Å²) in [5.74, 6) is -0.968. The summed E-state index contributed by atoms with van der Waals surface area (Å²) < 4.78 is 31.6. The van der Waals surface area contributed by atoms with E-state index in [1.807, 2.05) is 0 Å². The normalized spacial score (nSPS) is 14.4. The van der Waals surface area contributed by atoms with Crippen molar-refractivity contribution in [3.05, 3.63) is 45.3 Å².